The van der Waals surface area contributed by atoms with Crippen molar-refractivity contribution in [3.8, 4) is 17.3 Å². The van der Waals surface area contributed by atoms with Gasteiger partial charge in [0.2, 0.25) is 5.95 Å². The molecule has 30 heavy (non-hydrogen) atoms. The Labute approximate surface area is 181 Å². The molecular weight excluding hydrogens is 402 g/mol. The summed E-state index contributed by atoms with van der Waals surface area (Å²) in [6.45, 7) is 7.43. The van der Waals surface area contributed by atoms with Gasteiger partial charge in [0, 0.05) is 24.7 Å². The van der Waals surface area contributed by atoms with E-state index in [9.17, 15) is 9.90 Å². The Morgan fingerprint density at radius 1 is 1.37 bits per heavy atom. The van der Waals surface area contributed by atoms with Crippen molar-refractivity contribution < 1.29 is 9.90 Å². The Hall–Kier alpha value is -2.85. The number of piperidine rings is 1. The predicted octanol–water partition coefficient (Wildman–Crippen LogP) is 4.89. The molecule has 1 saturated heterocycles. The maximum Gasteiger partial charge on any atom is 0.407 e. The van der Waals surface area contributed by atoms with Gasteiger partial charge in [-0.05, 0) is 36.3 Å². The zero-order valence-corrected chi connectivity index (χ0v) is 18.1. The third kappa shape index (κ3) is 5.00. The van der Waals surface area contributed by atoms with Gasteiger partial charge in [-0.3, -0.25) is 0 Å². The highest BCUT2D eigenvalue weighted by Crippen LogP contribution is 2.35. The van der Waals surface area contributed by atoms with E-state index in [1.54, 1.807) is 23.2 Å². The molecule has 2 heterocycles. The first-order valence-corrected chi connectivity index (χ1v) is 10.3. The first-order valence-electron chi connectivity index (χ1n) is 9.95. The van der Waals surface area contributed by atoms with Gasteiger partial charge in [-0.15, -0.1) is 0 Å². The standard InChI is InChI=1S/C22H26ClN5O2/c1-22(2,3)18-10-15(8-9-28(18)21(29)30)12-25-20-26-13-17(23)19(27-20)16-6-4-14(11-24)5-7-16/h4-7,13,15,18H,8-10,12H2,1-3H3,(H,29,30)(H,25,26,27). The molecule has 2 N–H and O–H groups in total. The van der Waals surface area contributed by atoms with E-state index in [0.29, 0.717) is 41.2 Å². The molecule has 158 valence electrons. The quantitative estimate of drug-likeness (QED) is 0.720. The maximum absolute atomic E-state index is 11.6. The number of hydrogen-bond donors (Lipinski definition) is 2. The molecule has 0 saturated carbocycles. The number of likely N-dealkylation sites (tertiary alicyclic amines) is 1. The molecular formula is C22H26ClN5O2. The minimum atomic E-state index is -0.852. The lowest BCUT2D eigenvalue weighted by Crippen LogP contribution is -2.52. The normalized spacial score (nSPS) is 19.2. The SMILES string of the molecule is CC(C)(C)C1CC(CNc2ncc(Cl)c(-c3ccc(C#N)cc3)n2)CCN1C(=O)O. The number of nitriles is 1. The van der Waals surface area contributed by atoms with Gasteiger partial charge in [-0.2, -0.15) is 5.26 Å². The fraction of sp³-hybridized carbons (Fsp3) is 0.455. The van der Waals surface area contributed by atoms with E-state index in [4.69, 9.17) is 16.9 Å². The van der Waals surface area contributed by atoms with Crippen LogP contribution < -0.4 is 5.32 Å². The summed E-state index contributed by atoms with van der Waals surface area (Å²) in [5, 5.41) is 22.2. The summed E-state index contributed by atoms with van der Waals surface area (Å²) in [4.78, 5) is 22.0. The third-order valence-corrected chi connectivity index (χ3v) is 5.81. The van der Waals surface area contributed by atoms with Crippen molar-refractivity contribution in [1.29, 1.82) is 5.26 Å². The number of hydrogen-bond acceptors (Lipinski definition) is 5. The molecule has 3 rings (SSSR count). The molecule has 0 radical (unpaired) electrons. The molecule has 1 aromatic heterocycles. The number of anilines is 1. The van der Waals surface area contributed by atoms with Gasteiger partial charge in [0.1, 0.15) is 0 Å². The number of nitrogens with one attached hydrogen (secondary N) is 1. The van der Waals surface area contributed by atoms with Gasteiger partial charge >= 0.3 is 6.09 Å². The van der Waals surface area contributed by atoms with Gasteiger partial charge in [-0.1, -0.05) is 44.5 Å². The molecule has 2 atom stereocenters. The van der Waals surface area contributed by atoms with Crippen LogP contribution in [0.5, 0.6) is 0 Å². The summed E-state index contributed by atoms with van der Waals surface area (Å²) >= 11 is 6.29. The number of carbonyl (C=O) groups is 1. The largest absolute Gasteiger partial charge is 0.465 e. The molecule has 8 heteroatoms. The van der Waals surface area contributed by atoms with E-state index in [0.717, 1.165) is 18.4 Å². The van der Waals surface area contributed by atoms with Crippen molar-refractivity contribution in [2.75, 3.05) is 18.4 Å². The van der Waals surface area contributed by atoms with Crippen molar-refractivity contribution in [3.05, 3.63) is 41.0 Å². The van der Waals surface area contributed by atoms with E-state index < -0.39 is 6.09 Å². The van der Waals surface area contributed by atoms with Gasteiger partial charge < -0.3 is 15.3 Å². The minimum absolute atomic E-state index is 0.0316. The molecule has 1 aliphatic rings. The lowest BCUT2D eigenvalue weighted by atomic mass is 9.77. The predicted molar refractivity (Wildman–Crippen MR) is 116 cm³/mol. The lowest BCUT2D eigenvalue weighted by Gasteiger charge is -2.44. The highest BCUT2D eigenvalue weighted by Gasteiger charge is 2.38. The molecule has 0 bridgehead atoms. The molecule has 2 aromatic rings. The smallest absolute Gasteiger partial charge is 0.407 e. The first-order chi connectivity index (χ1) is 14.2. The number of rotatable bonds is 4. The number of aromatic nitrogens is 2. The second kappa shape index (κ2) is 8.88. The summed E-state index contributed by atoms with van der Waals surface area (Å²) < 4.78 is 0. The van der Waals surface area contributed by atoms with Gasteiger partial charge in [-0.25, -0.2) is 14.8 Å². The van der Waals surface area contributed by atoms with Gasteiger partial charge in [0.15, 0.2) is 0 Å². The Balaban J connectivity index is 1.70. The second-order valence-corrected chi connectivity index (χ2v) is 9.12. The second-order valence-electron chi connectivity index (χ2n) is 8.71. The average Bonchev–Trinajstić information content (AvgIpc) is 2.72. The van der Waals surface area contributed by atoms with Crippen LogP contribution in [0.2, 0.25) is 5.02 Å². The van der Waals surface area contributed by atoms with Crippen molar-refractivity contribution in [3.63, 3.8) is 0 Å². The van der Waals surface area contributed by atoms with Crippen LogP contribution >= 0.6 is 11.6 Å². The van der Waals surface area contributed by atoms with Crippen LogP contribution in [0, 0.1) is 22.7 Å². The van der Waals surface area contributed by atoms with E-state index in [-0.39, 0.29) is 11.5 Å². The van der Waals surface area contributed by atoms with Crippen molar-refractivity contribution in [2.45, 2.75) is 39.7 Å². The monoisotopic (exact) mass is 427 g/mol. The summed E-state index contributed by atoms with van der Waals surface area (Å²) in [5.41, 5.74) is 1.86. The lowest BCUT2D eigenvalue weighted by molar-refractivity contribution is 0.0428. The van der Waals surface area contributed by atoms with E-state index in [1.807, 2.05) is 12.1 Å². The molecule has 1 fully saturated rings. The minimum Gasteiger partial charge on any atom is -0.465 e. The molecule has 1 amide bonds. The zero-order chi connectivity index (χ0) is 21.9. The van der Waals surface area contributed by atoms with Gasteiger partial charge in [0.25, 0.3) is 0 Å². The summed E-state index contributed by atoms with van der Waals surface area (Å²) in [6, 6.07) is 9.14. The van der Waals surface area contributed by atoms with Gasteiger partial charge in [0.05, 0.1) is 28.5 Å². The van der Waals surface area contributed by atoms with Crippen LogP contribution in [0.15, 0.2) is 30.5 Å². The topological polar surface area (TPSA) is 102 Å². The van der Waals surface area contributed by atoms with Crippen molar-refractivity contribution in [1.82, 2.24) is 14.9 Å². The Kier molecular flexibility index (Phi) is 6.47. The third-order valence-electron chi connectivity index (χ3n) is 5.54. The fourth-order valence-corrected chi connectivity index (χ4v) is 4.07. The number of amides is 1. The number of halogens is 1. The molecule has 7 nitrogen and oxygen atoms in total. The summed E-state index contributed by atoms with van der Waals surface area (Å²) in [6.07, 6.45) is 2.30. The molecule has 0 aliphatic carbocycles. The molecule has 1 aromatic carbocycles. The van der Waals surface area contributed by atoms with Crippen LogP contribution in [-0.2, 0) is 0 Å². The summed E-state index contributed by atoms with van der Waals surface area (Å²) in [5.74, 6) is 0.800. The zero-order valence-electron chi connectivity index (χ0n) is 17.4. The molecule has 1 aliphatic heterocycles. The fourth-order valence-electron chi connectivity index (χ4n) is 3.87. The highest BCUT2D eigenvalue weighted by molar-refractivity contribution is 6.32. The van der Waals surface area contributed by atoms with Crippen LogP contribution in [0.3, 0.4) is 0 Å². The Morgan fingerprint density at radius 3 is 2.67 bits per heavy atom. The first kappa shape index (κ1) is 21.8. The molecule has 0 spiro atoms. The van der Waals surface area contributed by atoms with Crippen molar-refractivity contribution >= 4 is 23.6 Å². The number of nitrogens with zero attached hydrogens (tertiary/aromatic N) is 4. The van der Waals surface area contributed by atoms with Crippen LogP contribution in [0.1, 0.15) is 39.2 Å². The van der Waals surface area contributed by atoms with Crippen LogP contribution in [0.25, 0.3) is 11.3 Å². The van der Waals surface area contributed by atoms with E-state index in [1.165, 1.54) is 0 Å². The molecule has 2 unspecified atom stereocenters. The van der Waals surface area contributed by atoms with Crippen LogP contribution in [-0.4, -0.2) is 45.2 Å². The van der Waals surface area contributed by atoms with Crippen molar-refractivity contribution in [2.24, 2.45) is 11.3 Å². The van der Waals surface area contributed by atoms with Crippen LogP contribution in [0.4, 0.5) is 10.7 Å². The maximum atomic E-state index is 11.6. The number of benzene rings is 1. The Bertz CT molecular complexity index is 949. The van der Waals surface area contributed by atoms with E-state index >= 15 is 0 Å². The summed E-state index contributed by atoms with van der Waals surface area (Å²) in [7, 11) is 0. The van der Waals surface area contributed by atoms with E-state index in [2.05, 4.69) is 42.1 Å². The number of carboxylic acid groups (broad SMARTS) is 1. The average molecular weight is 428 g/mol. The Morgan fingerprint density at radius 2 is 2.07 bits per heavy atom. The highest BCUT2D eigenvalue weighted by atomic mass is 35.5.